The van der Waals surface area contributed by atoms with Gasteiger partial charge in [0.05, 0.1) is 18.2 Å². The fraction of sp³-hybridized carbons (Fsp3) is 0.312. The van der Waals surface area contributed by atoms with Gasteiger partial charge < -0.3 is 4.74 Å². The molecule has 4 nitrogen and oxygen atoms in total. The van der Waals surface area contributed by atoms with E-state index in [1.807, 2.05) is 30.3 Å². The highest BCUT2D eigenvalue weighted by molar-refractivity contribution is 5.84. The monoisotopic (exact) mass is 268 g/mol. The Morgan fingerprint density at radius 2 is 2.15 bits per heavy atom. The molecule has 0 aliphatic carbocycles. The third-order valence-corrected chi connectivity index (χ3v) is 3.26. The van der Waals surface area contributed by atoms with Crippen LogP contribution in [0.15, 0.2) is 36.5 Å². The van der Waals surface area contributed by atoms with Gasteiger partial charge in [-0.15, -0.1) is 0 Å². The highest BCUT2D eigenvalue weighted by atomic mass is 16.5. The molecule has 1 aromatic heterocycles. The second kappa shape index (κ2) is 5.70. The molecule has 1 unspecified atom stereocenters. The van der Waals surface area contributed by atoms with Crippen molar-refractivity contribution >= 4 is 16.9 Å². The van der Waals surface area contributed by atoms with Crippen LogP contribution in [0.2, 0.25) is 0 Å². The number of nitrogens with zero attached hydrogens (tertiary/aromatic N) is 2. The summed E-state index contributed by atoms with van der Waals surface area (Å²) in [7, 11) is 0. The Morgan fingerprint density at radius 3 is 2.85 bits per heavy atom. The van der Waals surface area contributed by atoms with Crippen LogP contribution in [0.25, 0.3) is 10.9 Å². The van der Waals surface area contributed by atoms with Gasteiger partial charge in [-0.2, -0.15) is 5.26 Å². The largest absolute Gasteiger partial charge is 0.465 e. The van der Waals surface area contributed by atoms with Gasteiger partial charge in [-0.1, -0.05) is 18.2 Å². The highest BCUT2D eigenvalue weighted by Gasteiger charge is 2.35. The van der Waals surface area contributed by atoms with E-state index in [2.05, 4.69) is 11.1 Å². The molecule has 4 heteroatoms. The first kappa shape index (κ1) is 14.0. The third kappa shape index (κ3) is 2.62. The quantitative estimate of drug-likeness (QED) is 0.800. The van der Waals surface area contributed by atoms with Gasteiger partial charge in [-0.05, 0) is 31.5 Å². The molecular weight excluding hydrogens is 252 g/mol. The average Bonchev–Trinajstić information content (AvgIpc) is 2.48. The number of ether oxygens (including phenoxy) is 1. The van der Waals surface area contributed by atoms with Gasteiger partial charge in [0.1, 0.15) is 0 Å². The van der Waals surface area contributed by atoms with Crippen LogP contribution in [0.4, 0.5) is 0 Å². The number of para-hydroxylation sites is 1. The minimum Gasteiger partial charge on any atom is -0.465 e. The first-order valence-corrected chi connectivity index (χ1v) is 6.52. The van der Waals surface area contributed by atoms with Gasteiger partial charge in [0, 0.05) is 18.0 Å². The Labute approximate surface area is 118 Å². The number of benzene rings is 1. The van der Waals surface area contributed by atoms with E-state index in [-0.39, 0.29) is 6.61 Å². The van der Waals surface area contributed by atoms with Crippen molar-refractivity contribution in [2.45, 2.75) is 20.3 Å². The molecule has 0 aliphatic rings. The van der Waals surface area contributed by atoms with Gasteiger partial charge in [-0.25, -0.2) is 0 Å². The van der Waals surface area contributed by atoms with E-state index in [9.17, 15) is 10.1 Å². The summed E-state index contributed by atoms with van der Waals surface area (Å²) in [5.41, 5.74) is 0.599. The summed E-state index contributed by atoms with van der Waals surface area (Å²) < 4.78 is 5.01. The normalized spacial score (nSPS) is 13.4. The van der Waals surface area contributed by atoms with Crippen LogP contribution < -0.4 is 0 Å². The Kier molecular flexibility index (Phi) is 3.99. The van der Waals surface area contributed by atoms with Gasteiger partial charge in [0.2, 0.25) is 0 Å². The fourth-order valence-electron chi connectivity index (χ4n) is 2.14. The number of fused-ring (bicyclic) bond motifs is 1. The van der Waals surface area contributed by atoms with Crippen LogP contribution >= 0.6 is 0 Å². The number of hydrogen-bond donors (Lipinski definition) is 0. The summed E-state index contributed by atoms with van der Waals surface area (Å²) >= 11 is 0. The molecule has 0 aliphatic heterocycles. The molecule has 0 amide bonds. The molecule has 102 valence electrons. The van der Waals surface area contributed by atoms with Crippen molar-refractivity contribution < 1.29 is 9.53 Å². The number of esters is 1. The SMILES string of the molecule is CCOC(=O)C(C)(C#N)Cc1ccnc2ccccc12. The molecule has 0 spiro atoms. The van der Waals surface area contributed by atoms with E-state index >= 15 is 0 Å². The van der Waals surface area contributed by atoms with E-state index in [4.69, 9.17) is 4.74 Å². The molecule has 0 N–H and O–H groups in total. The molecule has 0 saturated carbocycles. The summed E-state index contributed by atoms with van der Waals surface area (Å²) in [5, 5.41) is 10.3. The summed E-state index contributed by atoms with van der Waals surface area (Å²) in [5.74, 6) is -0.483. The molecule has 1 heterocycles. The number of pyridine rings is 1. The maximum absolute atomic E-state index is 12.0. The molecule has 20 heavy (non-hydrogen) atoms. The number of rotatable bonds is 4. The lowest BCUT2D eigenvalue weighted by molar-refractivity contribution is -0.151. The average molecular weight is 268 g/mol. The van der Waals surface area contributed by atoms with E-state index < -0.39 is 11.4 Å². The molecule has 0 saturated heterocycles. The second-order valence-corrected chi connectivity index (χ2v) is 4.83. The summed E-state index contributed by atoms with van der Waals surface area (Å²) in [6, 6.07) is 11.6. The zero-order valence-corrected chi connectivity index (χ0v) is 11.6. The minimum atomic E-state index is -1.18. The van der Waals surface area contributed by atoms with Crippen LogP contribution in [-0.2, 0) is 16.0 Å². The van der Waals surface area contributed by atoms with Crippen molar-refractivity contribution in [2.24, 2.45) is 5.41 Å². The van der Waals surface area contributed by atoms with Gasteiger partial charge >= 0.3 is 5.97 Å². The molecular formula is C16H16N2O2. The first-order valence-electron chi connectivity index (χ1n) is 6.52. The number of carbonyl (C=O) groups is 1. The lowest BCUT2D eigenvalue weighted by Gasteiger charge is -2.20. The Morgan fingerprint density at radius 1 is 1.40 bits per heavy atom. The van der Waals surface area contributed by atoms with E-state index in [1.165, 1.54) is 0 Å². The molecule has 0 fully saturated rings. The highest BCUT2D eigenvalue weighted by Crippen LogP contribution is 2.27. The van der Waals surface area contributed by atoms with Crippen LogP contribution in [0, 0.1) is 16.7 Å². The molecule has 0 radical (unpaired) electrons. The number of nitriles is 1. The van der Waals surface area contributed by atoms with Crippen molar-refractivity contribution in [3.8, 4) is 6.07 Å². The second-order valence-electron chi connectivity index (χ2n) is 4.83. The summed E-state index contributed by atoms with van der Waals surface area (Å²) in [6.07, 6.45) is 2.01. The molecule has 1 aromatic carbocycles. The standard InChI is InChI=1S/C16H16N2O2/c1-3-20-15(19)16(2,11-17)10-12-8-9-18-14-7-5-4-6-13(12)14/h4-9H,3,10H2,1-2H3. The summed E-state index contributed by atoms with van der Waals surface area (Å²) in [4.78, 5) is 16.3. The fourth-order valence-corrected chi connectivity index (χ4v) is 2.14. The Bertz CT molecular complexity index is 670. The first-order chi connectivity index (χ1) is 9.60. The van der Waals surface area contributed by atoms with Crippen molar-refractivity contribution in [1.29, 1.82) is 5.26 Å². The van der Waals surface area contributed by atoms with Crippen LogP contribution in [-0.4, -0.2) is 17.6 Å². The lowest BCUT2D eigenvalue weighted by Crippen LogP contribution is -2.30. The lowest BCUT2D eigenvalue weighted by atomic mass is 9.84. The van der Waals surface area contributed by atoms with Crippen molar-refractivity contribution in [1.82, 2.24) is 4.98 Å². The number of carbonyl (C=O) groups excluding carboxylic acids is 1. The topological polar surface area (TPSA) is 63.0 Å². The zero-order chi connectivity index (χ0) is 14.6. The molecule has 2 aromatic rings. The minimum absolute atomic E-state index is 0.271. The smallest absolute Gasteiger partial charge is 0.326 e. The summed E-state index contributed by atoms with van der Waals surface area (Å²) in [6.45, 7) is 3.62. The van der Waals surface area contributed by atoms with Crippen molar-refractivity contribution in [2.75, 3.05) is 6.61 Å². The Hall–Kier alpha value is -2.41. The number of hydrogen-bond acceptors (Lipinski definition) is 4. The van der Waals surface area contributed by atoms with Crippen molar-refractivity contribution in [3.05, 3.63) is 42.1 Å². The molecule has 0 bridgehead atoms. The molecule has 1 atom stereocenters. The van der Waals surface area contributed by atoms with E-state index in [1.54, 1.807) is 20.0 Å². The predicted octanol–water partition coefficient (Wildman–Crippen LogP) is 2.87. The Balaban J connectivity index is 2.40. The van der Waals surface area contributed by atoms with Gasteiger partial charge in [0.25, 0.3) is 0 Å². The van der Waals surface area contributed by atoms with E-state index in [0.29, 0.717) is 6.42 Å². The van der Waals surface area contributed by atoms with Crippen molar-refractivity contribution in [3.63, 3.8) is 0 Å². The van der Waals surface area contributed by atoms with Gasteiger partial charge in [0.15, 0.2) is 5.41 Å². The van der Waals surface area contributed by atoms with Crippen LogP contribution in [0.3, 0.4) is 0 Å². The zero-order valence-electron chi connectivity index (χ0n) is 11.6. The van der Waals surface area contributed by atoms with Crippen LogP contribution in [0.5, 0.6) is 0 Å². The van der Waals surface area contributed by atoms with Crippen LogP contribution in [0.1, 0.15) is 19.4 Å². The maximum atomic E-state index is 12.0. The maximum Gasteiger partial charge on any atom is 0.326 e. The van der Waals surface area contributed by atoms with E-state index in [0.717, 1.165) is 16.5 Å². The predicted molar refractivity (Wildman–Crippen MR) is 75.8 cm³/mol. The number of aromatic nitrogens is 1. The molecule has 2 rings (SSSR count). The third-order valence-electron chi connectivity index (χ3n) is 3.26. The van der Waals surface area contributed by atoms with Gasteiger partial charge in [-0.3, -0.25) is 9.78 Å².